The predicted molar refractivity (Wildman–Crippen MR) is 157 cm³/mol. The van der Waals surface area contributed by atoms with Gasteiger partial charge in [0.2, 0.25) is 11.8 Å². The van der Waals surface area contributed by atoms with Crippen molar-refractivity contribution in [1.82, 2.24) is 15.1 Å². The van der Waals surface area contributed by atoms with E-state index >= 15 is 4.39 Å². The largest absolute Gasteiger partial charge is 0.488 e. The third-order valence-corrected chi connectivity index (χ3v) is 8.61. The van der Waals surface area contributed by atoms with Gasteiger partial charge in [-0.05, 0) is 48.4 Å². The number of hydrogen-bond donors (Lipinski definition) is 1. The Morgan fingerprint density at radius 3 is 2.48 bits per heavy atom. The van der Waals surface area contributed by atoms with Gasteiger partial charge in [-0.2, -0.15) is 18.4 Å². The number of alkyl halides is 3. The van der Waals surface area contributed by atoms with Crippen molar-refractivity contribution in [3.05, 3.63) is 93.8 Å². The van der Waals surface area contributed by atoms with Crippen LogP contribution in [0.2, 0.25) is 0 Å². The van der Waals surface area contributed by atoms with Crippen LogP contribution in [0.5, 0.6) is 5.75 Å². The molecule has 0 radical (unpaired) electrons. The second-order valence-corrected chi connectivity index (χ2v) is 11.5. The molecule has 2 saturated heterocycles. The van der Waals surface area contributed by atoms with E-state index in [-0.39, 0.29) is 37.8 Å². The second-order valence-electron chi connectivity index (χ2n) is 11.5. The second kappa shape index (κ2) is 12.4. The number of ether oxygens (including phenoxy) is 1. The molecule has 13 heteroatoms. The van der Waals surface area contributed by atoms with Crippen LogP contribution in [-0.4, -0.2) is 59.7 Å². The Balaban J connectivity index is 1.05. The number of carbonyl (C=O) groups excluding carboxylic acids is 3. The number of piperidine rings is 1. The van der Waals surface area contributed by atoms with E-state index in [1.54, 1.807) is 36.4 Å². The fraction of sp³-hybridized carbons (Fsp3) is 0.333. The van der Waals surface area contributed by atoms with Gasteiger partial charge in [0.1, 0.15) is 24.2 Å². The summed E-state index contributed by atoms with van der Waals surface area (Å²) in [4.78, 5) is 42.3. The number of hydrogen-bond acceptors (Lipinski definition) is 7. The van der Waals surface area contributed by atoms with Gasteiger partial charge in [-0.1, -0.05) is 18.2 Å². The quantitative estimate of drug-likeness (QED) is 0.304. The summed E-state index contributed by atoms with van der Waals surface area (Å²) >= 11 is 0. The fourth-order valence-corrected chi connectivity index (χ4v) is 6.14. The predicted octanol–water partition coefficient (Wildman–Crippen LogP) is 4.38. The van der Waals surface area contributed by atoms with Crippen LogP contribution in [0.25, 0.3) is 0 Å². The molecule has 46 heavy (non-hydrogen) atoms. The Bertz CT molecular complexity index is 1750. The number of halogens is 4. The number of fused-ring (bicyclic) bond motifs is 1. The molecule has 0 bridgehead atoms. The van der Waals surface area contributed by atoms with E-state index < -0.39 is 35.1 Å². The minimum absolute atomic E-state index is 0.0850. The zero-order valence-corrected chi connectivity index (χ0v) is 24.6. The number of carbonyl (C=O) groups is 3. The number of nitriles is 1. The first-order valence-electron chi connectivity index (χ1n) is 14.8. The summed E-state index contributed by atoms with van der Waals surface area (Å²) in [6.45, 7) is 2.57. The Morgan fingerprint density at radius 2 is 1.78 bits per heavy atom. The van der Waals surface area contributed by atoms with Crippen LogP contribution in [0, 0.1) is 17.1 Å². The molecule has 3 aliphatic rings. The van der Waals surface area contributed by atoms with E-state index in [4.69, 9.17) is 10.00 Å². The molecule has 0 aliphatic carbocycles. The molecule has 0 saturated carbocycles. The average molecular weight is 636 g/mol. The summed E-state index contributed by atoms with van der Waals surface area (Å²) in [7, 11) is 0. The number of nitrogens with one attached hydrogen (secondary N) is 1. The summed E-state index contributed by atoms with van der Waals surface area (Å²) in [6, 6.07) is 14.4. The van der Waals surface area contributed by atoms with Crippen LogP contribution in [0.15, 0.2) is 54.6 Å². The highest BCUT2D eigenvalue weighted by Crippen LogP contribution is 2.36. The maximum Gasteiger partial charge on any atom is 0.417 e. The summed E-state index contributed by atoms with van der Waals surface area (Å²) in [5.74, 6) is -1.24. The van der Waals surface area contributed by atoms with E-state index in [2.05, 4.69) is 10.2 Å². The zero-order valence-electron chi connectivity index (χ0n) is 24.6. The summed E-state index contributed by atoms with van der Waals surface area (Å²) in [5.41, 5.74) is 1.09. The van der Waals surface area contributed by atoms with Crippen molar-refractivity contribution < 1.29 is 36.7 Å². The van der Waals surface area contributed by atoms with Crippen LogP contribution >= 0.6 is 0 Å². The minimum atomic E-state index is -4.62. The fourth-order valence-electron chi connectivity index (χ4n) is 6.14. The molecular formula is C33H29F4N5O4. The van der Waals surface area contributed by atoms with Crippen molar-refractivity contribution >= 4 is 23.4 Å². The van der Waals surface area contributed by atoms with Crippen LogP contribution in [-0.2, 0) is 35.5 Å². The summed E-state index contributed by atoms with van der Waals surface area (Å²) < 4.78 is 61.3. The Kier molecular flexibility index (Phi) is 8.39. The lowest BCUT2D eigenvalue weighted by Crippen LogP contribution is -2.52. The molecule has 1 atom stereocenters. The standard InChI is InChI=1S/C33H29F4N5O4/c34-27-14-20(17-40-10-12-41(13-11-40)23-7-6-21(16-38)26(15-23)33(35,36)37)4-5-22(27)19-46-29-3-1-2-24-25(29)18-42(32(24)45)28-8-9-30(43)39-31(28)44/h1-7,14-15,28H,8-13,17-19H2,(H,39,43,44)/t28-/m0/s1. The first-order valence-corrected chi connectivity index (χ1v) is 14.8. The van der Waals surface area contributed by atoms with Crippen molar-refractivity contribution in [3.63, 3.8) is 0 Å². The highest BCUT2D eigenvalue weighted by Gasteiger charge is 2.40. The normalized spacial score (nSPS) is 18.8. The van der Waals surface area contributed by atoms with Crippen molar-refractivity contribution in [2.24, 2.45) is 0 Å². The van der Waals surface area contributed by atoms with Gasteiger partial charge in [0.15, 0.2) is 0 Å². The number of rotatable bonds is 7. The Morgan fingerprint density at radius 1 is 1.00 bits per heavy atom. The van der Waals surface area contributed by atoms with Gasteiger partial charge in [0.25, 0.3) is 5.91 Å². The molecule has 0 spiro atoms. The number of benzene rings is 3. The summed E-state index contributed by atoms with van der Waals surface area (Å²) in [5, 5.41) is 11.3. The highest BCUT2D eigenvalue weighted by atomic mass is 19.4. The molecule has 3 aromatic rings. The third-order valence-electron chi connectivity index (χ3n) is 8.61. The molecule has 0 aromatic heterocycles. The molecule has 3 heterocycles. The molecule has 6 rings (SSSR count). The van der Waals surface area contributed by atoms with Gasteiger partial charge in [0, 0.05) is 61.5 Å². The Labute approximate surface area is 261 Å². The molecule has 3 aromatic carbocycles. The summed E-state index contributed by atoms with van der Waals surface area (Å²) in [6.07, 6.45) is -4.23. The smallest absolute Gasteiger partial charge is 0.417 e. The molecular weight excluding hydrogens is 606 g/mol. The average Bonchev–Trinajstić information content (AvgIpc) is 3.36. The van der Waals surface area contributed by atoms with E-state index in [0.29, 0.717) is 60.9 Å². The van der Waals surface area contributed by atoms with Crippen molar-refractivity contribution in [2.75, 3.05) is 31.1 Å². The van der Waals surface area contributed by atoms with Gasteiger partial charge < -0.3 is 14.5 Å². The molecule has 3 aliphatic heterocycles. The van der Waals surface area contributed by atoms with Gasteiger partial charge in [-0.3, -0.25) is 24.6 Å². The van der Waals surface area contributed by atoms with Gasteiger partial charge in [0.05, 0.1) is 23.7 Å². The molecule has 9 nitrogen and oxygen atoms in total. The first kappa shape index (κ1) is 31.0. The maximum absolute atomic E-state index is 15.1. The molecule has 3 amide bonds. The number of imide groups is 1. The number of nitrogens with zero attached hydrogens (tertiary/aromatic N) is 4. The third kappa shape index (κ3) is 6.25. The van der Waals surface area contributed by atoms with Gasteiger partial charge in [-0.15, -0.1) is 0 Å². The van der Waals surface area contributed by atoms with Crippen molar-refractivity contribution in [1.29, 1.82) is 5.26 Å². The molecule has 238 valence electrons. The zero-order chi connectivity index (χ0) is 32.6. The Hall–Kier alpha value is -4.96. The highest BCUT2D eigenvalue weighted by molar-refractivity contribution is 6.05. The van der Waals surface area contributed by atoms with Gasteiger partial charge in [-0.25, -0.2) is 4.39 Å². The van der Waals surface area contributed by atoms with E-state index in [0.717, 1.165) is 11.6 Å². The first-order chi connectivity index (χ1) is 22.0. The number of anilines is 1. The lowest BCUT2D eigenvalue weighted by molar-refractivity contribution is -0.138. The van der Waals surface area contributed by atoms with E-state index in [9.17, 15) is 27.6 Å². The SMILES string of the molecule is N#Cc1ccc(N2CCN(Cc3ccc(COc4cccc5c4CN([C@H]4CCC(=O)NC4=O)C5=O)c(F)c3)CC2)cc1C(F)(F)F. The van der Waals surface area contributed by atoms with Crippen LogP contribution in [0.4, 0.5) is 23.2 Å². The lowest BCUT2D eigenvalue weighted by atomic mass is 10.0. The van der Waals surface area contributed by atoms with E-state index in [1.165, 1.54) is 23.1 Å². The monoisotopic (exact) mass is 635 g/mol. The van der Waals surface area contributed by atoms with Crippen molar-refractivity contribution in [3.8, 4) is 11.8 Å². The lowest BCUT2D eigenvalue weighted by Gasteiger charge is -2.36. The minimum Gasteiger partial charge on any atom is -0.488 e. The van der Waals surface area contributed by atoms with Crippen molar-refractivity contribution in [2.45, 2.75) is 44.8 Å². The van der Waals surface area contributed by atoms with E-state index in [1.807, 2.05) is 4.90 Å². The molecule has 0 unspecified atom stereocenters. The topological polar surface area (TPSA) is 106 Å². The number of piperazine rings is 1. The van der Waals surface area contributed by atoms with Gasteiger partial charge >= 0.3 is 6.18 Å². The molecule has 2 fully saturated rings. The molecule has 1 N–H and O–H groups in total. The van der Waals surface area contributed by atoms with Crippen LogP contribution < -0.4 is 15.0 Å². The number of amides is 3. The van der Waals surface area contributed by atoms with Crippen LogP contribution in [0.3, 0.4) is 0 Å². The maximum atomic E-state index is 15.1. The van der Waals surface area contributed by atoms with Crippen LogP contribution in [0.1, 0.15) is 51.0 Å².